The molecule has 0 aliphatic carbocycles. The number of hydrogen-bond donors (Lipinski definition) is 1. The number of fused-ring (bicyclic) bond motifs is 1. The molecule has 1 N–H and O–H groups in total. The van der Waals surface area contributed by atoms with Crippen LogP contribution in [-0.2, 0) is 4.79 Å². The molecular formula is C15H16ClNO. The normalized spacial score (nSPS) is 11.5. The van der Waals surface area contributed by atoms with E-state index in [-0.39, 0.29) is 5.91 Å². The zero-order chi connectivity index (χ0) is 13.2. The summed E-state index contributed by atoms with van der Waals surface area (Å²) in [4.78, 5) is 12.0. The number of carbonyl (C=O) groups excluding carboxylic acids is 1. The molecule has 2 rings (SSSR count). The second-order valence-electron chi connectivity index (χ2n) is 5.03. The molecule has 0 fully saturated rings. The van der Waals surface area contributed by atoms with Crippen molar-refractivity contribution in [2.45, 2.75) is 13.8 Å². The van der Waals surface area contributed by atoms with Gasteiger partial charge >= 0.3 is 0 Å². The Hall–Kier alpha value is -1.54. The summed E-state index contributed by atoms with van der Waals surface area (Å²) in [6.07, 6.45) is 0. The molecule has 94 valence electrons. The van der Waals surface area contributed by atoms with Crippen LogP contribution in [0.15, 0.2) is 42.5 Å². The SMILES string of the molecule is CC(C)(CCl)C(=O)Nc1ccc2ccccc2c1. The van der Waals surface area contributed by atoms with Crippen LogP contribution >= 0.6 is 11.6 Å². The third kappa shape index (κ3) is 2.65. The lowest BCUT2D eigenvalue weighted by Crippen LogP contribution is -2.32. The minimum absolute atomic E-state index is 0.0622. The fourth-order valence-electron chi connectivity index (χ4n) is 1.63. The van der Waals surface area contributed by atoms with E-state index < -0.39 is 5.41 Å². The zero-order valence-corrected chi connectivity index (χ0v) is 11.3. The quantitative estimate of drug-likeness (QED) is 0.830. The van der Waals surface area contributed by atoms with E-state index in [1.165, 1.54) is 0 Å². The Morgan fingerprint density at radius 2 is 1.83 bits per heavy atom. The molecule has 2 aromatic rings. The highest BCUT2D eigenvalue weighted by molar-refractivity contribution is 6.20. The van der Waals surface area contributed by atoms with Gasteiger partial charge < -0.3 is 5.32 Å². The molecule has 2 aromatic carbocycles. The zero-order valence-electron chi connectivity index (χ0n) is 10.5. The fraction of sp³-hybridized carbons (Fsp3) is 0.267. The van der Waals surface area contributed by atoms with Gasteiger partial charge in [-0.2, -0.15) is 0 Å². The summed E-state index contributed by atoms with van der Waals surface area (Å²) in [5.41, 5.74) is 0.240. The predicted molar refractivity (Wildman–Crippen MR) is 77.1 cm³/mol. The van der Waals surface area contributed by atoms with E-state index in [1.807, 2.05) is 56.3 Å². The maximum absolute atomic E-state index is 12.0. The van der Waals surface area contributed by atoms with Gasteiger partial charge in [0.05, 0.1) is 5.41 Å². The molecule has 0 aliphatic heterocycles. The van der Waals surface area contributed by atoms with Crippen LogP contribution in [0.25, 0.3) is 10.8 Å². The minimum Gasteiger partial charge on any atom is -0.326 e. The summed E-state index contributed by atoms with van der Waals surface area (Å²) >= 11 is 5.79. The largest absolute Gasteiger partial charge is 0.326 e. The van der Waals surface area contributed by atoms with Gasteiger partial charge in [-0.15, -0.1) is 11.6 Å². The number of carbonyl (C=O) groups is 1. The van der Waals surface area contributed by atoms with Gasteiger partial charge in [0.15, 0.2) is 0 Å². The molecule has 0 aromatic heterocycles. The van der Waals surface area contributed by atoms with E-state index in [2.05, 4.69) is 5.32 Å². The molecule has 0 heterocycles. The molecule has 0 bridgehead atoms. The fourth-order valence-corrected chi connectivity index (χ4v) is 1.75. The van der Waals surface area contributed by atoms with Crippen molar-refractivity contribution in [2.24, 2.45) is 5.41 Å². The number of nitrogens with one attached hydrogen (secondary N) is 1. The molecule has 0 aliphatic rings. The van der Waals surface area contributed by atoms with E-state index in [0.717, 1.165) is 16.5 Å². The molecule has 0 radical (unpaired) electrons. The predicted octanol–water partition coefficient (Wildman–Crippen LogP) is 4.04. The van der Waals surface area contributed by atoms with Crippen molar-refractivity contribution in [1.29, 1.82) is 0 Å². The summed E-state index contributed by atoms with van der Waals surface area (Å²) in [5, 5.41) is 5.17. The van der Waals surface area contributed by atoms with Crippen LogP contribution < -0.4 is 5.32 Å². The standard InChI is InChI=1S/C15H16ClNO/c1-15(2,10-16)14(18)17-13-8-7-11-5-3-4-6-12(11)9-13/h3-9H,10H2,1-2H3,(H,17,18). The number of anilines is 1. The maximum atomic E-state index is 12.0. The molecule has 0 unspecified atom stereocenters. The van der Waals surface area contributed by atoms with E-state index in [1.54, 1.807) is 0 Å². The van der Waals surface area contributed by atoms with Crippen LogP contribution in [-0.4, -0.2) is 11.8 Å². The maximum Gasteiger partial charge on any atom is 0.231 e. The molecule has 0 saturated heterocycles. The van der Waals surface area contributed by atoms with Crippen molar-refractivity contribution in [3.8, 4) is 0 Å². The Kier molecular flexibility index (Phi) is 3.58. The average Bonchev–Trinajstić information content (AvgIpc) is 2.38. The lowest BCUT2D eigenvalue weighted by molar-refractivity contribution is -0.122. The van der Waals surface area contributed by atoms with Gasteiger partial charge in [0.1, 0.15) is 0 Å². The van der Waals surface area contributed by atoms with Crippen LogP contribution in [0.5, 0.6) is 0 Å². The van der Waals surface area contributed by atoms with Crippen molar-refractivity contribution >= 4 is 34.0 Å². The Labute approximate surface area is 112 Å². The number of hydrogen-bond acceptors (Lipinski definition) is 1. The van der Waals surface area contributed by atoms with Crippen LogP contribution in [0, 0.1) is 5.41 Å². The van der Waals surface area contributed by atoms with Gasteiger partial charge in [-0.05, 0) is 36.8 Å². The third-order valence-electron chi connectivity index (χ3n) is 2.96. The molecule has 3 heteroatoms. The van der Waals surface area contributed by atoms with Crippen LogP contribution in [0.3, 0.4) is 0 Å². The van der Waals surface area contributed by atoms with Crippen molar-refractivity contribution in [1.82, 2.24) is 0 Å². The van der Waals surface area contributed by atoms with Gasteiger partial charge in [-0.3, -0.25) is 4.79 Å². The number of alkyl halides is 1. The molecule has 2 nitrogen and oxygen atoms in total. The Bertz CT molecular complexity index is 577. The van der Waals surface area contributed by atoms with Gasteiger partial charge in [0.25, 0.3) is 0 Å². The number of amides is 1. The average molecular weight is 262 g/mol. The van der Waals surface area contributed by atoms with Crippen LogP contribution in [0.1, 0.15) is 13.8 Å². The summed E-state index contributed by atoms with van der Waals surface area (Å²) in [5.74, 6) is 0.236. The Morgan fingerprint density at radius 1 is 1.17 bits per heavy atom. The summed E-state index contributed by atoms with van der Waals surface area (Å²) in [6, 6.07) is 13.9. The lowest BCUT2D eigenvalue weighted by Gasteiger charge is -2.20. The highest BCUT2D eigenvalue weighted by Gasteiger charge is 2.26. The van der Waals surface area contributed by atoms with Crippen molar-refractivity contribution in [3.05, 3.63) is 42.5 Å². The van der Waals surface area contributed by atoms with Gasteiger partial charge in [0.2, 0.25) is 5.91 Å². The molecule has 0 spiro atoms. The Balaban J connectivity index is 2.25. The smallest absolute Gasteiger partial charge is 0.231 e. The topological polar surface area (TPSA) is 29.1 Å². The first-order valence-electron chi connectivity index (χ1n) is 5.89. The van der Waals surface area contributed by atoms with Crippen LogP contribution in [0.4, 0.5) is 5.69 Å². The highest BCUT2D eigenvalue weighted by Crippen LogP contribution is 2.23. The first kappa shape index (κ1) is 12.9. The van der Waals surface area contributed by atoms with Gasteiger partial charge in [0, 0.05) is 11.6 Å². The minimum atomic E-state index is -0.562. The van der Waals surface area contributed by atoms with Gasteiger partial charge in [-0.25, -0.2) is 0 Å². The van der Waals surface area contributed by atoms with Gasteiger partial charge in [-0.1, -0.05) is 30.3 Å². The summed E-state index contributed by atoms with van der Waals surface area (Å²) < 4.78 is 0. The van der Waals surface area contributed by atoms with E-state index in [4.69, 9.17) is 11.6 Å². The van der Waals surface area contributed by atoms with E-state index in [0.29, 0.717) is 5.88 Å². The molecule has 18 heavy (non-hydrogen) atoms. The van der Waals surface area contributed by atoms with E-state index >= 15 is 0 Å². The van der Waals surface area contributed by atoms with Crippen molar-refractivity contribution in [3.63, 3.8) is 0 Å². The van der Waals surface area contributed by atoms with E-state index in [9.17, 15) is 4.79 Å². The second kappa shape index (κ2) is 4.99. The first-order valence-corrected chi connectivity index (χ1v) is 6.42. The molecule has 1 amide bonds. The third-order valence-corrected chi connectivity index (χ3v) is 3.62. The molecular weight excluding hydrogens is 246 g/mol. The highest BCUT2D eigenvalue weighted by atomic mass is 35.5. The molecule has 0 atom stereocenters. The first-order chi connectivity index (χ1) is 8.53. The van der Waals surface area contributed by atoms with Crippen molar-refractivity contribution < 1.29 is 4.79 Å². The number of benzene rings is 2. The lowest BCUT2D eigenvalue weighted by atomic mass is 9.95. The monoisotopic (exact) mass is 261 g/mol. The second-order valence-corrected chi connectivity index (χ2v) is 5.30. The Morgan fingerprint density at radius 3 is 2.50 bits per heavy atom. The number of rotatable bonds is 3. The molecule has 0 saturated carbocycles. The van der Waals surface area contributed by atoms with Crippen LogP contribution in [0.2, 0.25) is 0 Å². The number of halogens is 1. The summed E-state index contributed by atoms with van der Waals surface area (Å²) in [7, 11) is 0. The van der Waals surface area contributed by atoms with Crippen molar-refractivity contribution in [2.75, 3.05) is 11.2 Å². The summed E-state index contributed by atoms with van der Waals surface area (Å²) in [6.45, 7) is 3.66.